The fourth-order valence-corrected chi connectivity index (χ4v) is 2.84. The summed E-state index contributed by atoms with van der Waals surface area (Å²) in [4.78, 5) is 12.1. The Kier molecular flexibility index (Phi) is 5.43. The Balaban J connectivity index is 1.64. The van der Waals surface area contributed by atoms with Crippen molar-refractivity contribution in [2.45, 2.75) is 6.61 Å². The first-order valence-electron chi connectivity index (χ1n) is 7.63. The molecule has 10 heteroatoms. The standard InChI is InChI=1S/C17H14ClN3O5S/c1-27(23,24)21-14-4-2-3-12(9-14)17(22)25-10-15-19-20-16(26-15)11-5-7-13(18)8-6-11/h2-9,21H,10H2,1H3. The van der Waals surface area contributed by atoms with Crippen molar-refractivity contribution >= 4 is 33.3 Å². The Morgan fingerprint density at radius 3 is 2.63 bits per heavy atom. The van der Waals surface area contributed by atoms with Gasteiger partial charge in [0, 0.05) is 16.3 Å². The highest BCUT2D eigenvalue weighted by Crippen LogP contribution is 2.20. The van der Waals surface area contributed by atoms with Gasteiger partial charge in [-0.2, -0.15) is 0 Å². The fourth-order valence-electron chi connectivity index (χ4n) is 2.16. The Morgan fingerprint density at radius 1 is 1.19 bits per heavy atom. The van der Waals surface area contributed by atoms with E-state index in [1.165, 1.54) is 24.3 Å². The quantitative estimate of drug-likeness (QED) is 0.624. The Labute approximate surface area is 160 Å². The smallest absolute Gasteiger partial charge is 0.338 e. The van der Waals surface area contributed by atoms with Gasteiger partial charge in [0.1, 0.15) is 0 Å². The van der Waals surface area contributed by atoms with Gasteiger partial charge in [-0.05, 0) is 42.5 Å². The van der Waals surface area contributed by atoms with Crippen LogP contribution in [0, 0.1) is 0 Å². The van der Waals surface area contributed by atoms with Crippen LogP contribution in [-0.2, 0) is 21.4 Å². The molecule has 8 nitrogen and oxygen atoms in total. The predicted octanol–water partition coefficient (Wildman–Crippen LogP) is 3.12. The summed E-state index contributed by atoms with van der Waals surface area (Å²) in [6.07, 6.45) is 1.02. The van der Waals surface area contributed by atoms with E-state index < -0.39 is 16.0 Å². The highest BCUT2D eigenvalue weighted by atomic mass is 35.5. The molecule has 1 aromatic heterocycles. The first kappa shape index (κ1) is 18.9. The number of carbonyl (C=O) groups is 1. The average molecular weight is 408 g/mol. The molecule has 1 N–H and O–H groups in total. The number of ether oxygens (including phenoxy) is 1. The molecule has 0 aliphatic rings. The van der Waals surface area contributed by atoms with Gasteiger partial charge in [0.2, 0.25) is 15.9 Å². The molecular weight excluding hydrogens is 394 g/mol. The van der Waals surface area contributed by atoms with Crippen molar-refractivity contribution in [1.82, 2.24) is 10.2 Å². The monoisotopic (exact) mass is 407 g/mol. The van der Waals surface area contributed by atoms with Crippen LogP contribution in [0.15, 0.2) is 52.9 Å². The van der Waals surface area contributed by atoms with E-state index in [4.69, 9.17) is 20.8 Å². The summed E-state index contributed by atoms with van der Waals surface area (Å²) in [5.74, 6) is -0.255. The van der Waals surface area contributed by atoms with Crippen LogP contribution >= 0.6 is 11.6 Å². The van der Waals surface area contributed by atoms with Gasteiger partial charge in [0.25, 0.3) is 5.89 Å². The largest absolute Gasteiger partial charge is 0.452 e. The number of nitrogens with zero attached hydrogens (tertiary/aromatic N) is 2. The predicted molar refractivity (Wildman–Crippen MR) is 98.8 cm³/mol. The Morgan fingerprint density at radius 2 is 1.93 bits per heavy atom. The molecule has 0 radical (unpaired) electrons. The molecule has 0 amide bonds. The summed E-state index contributed by atoms with van der Waals surface area (Å²) < 4.78 is 35.4. The minimum absolute atomic E-state index is 0.124. The maximum absolute atomic E-state index is 12.1. The van der Waals surface area contributed by atoms with Gasteiger partial charge in [-0.1, -0.05) is 17.7 Å². The van der Waals surface area contributed by atoms with E-state index in [2.05, 4.69) is 14.9 Å². The van der Waals surface area contributed by atoms with Crippen molar-refractivity contribution in [2.24, 2.45) is 0 Å². The molecule has 0 unspecified atom stereocenters. The number of benzene rings is 2. The highest BCUT2D eigenvalue weighted by molar-refractivity contribution is 7.92. The van der Waals surface area contributed by atoms with Crippen LogP contribution in [0.25, 0.3) is 11.5 Å². The fraction of sp³-hybridized carbons (Fsp3) is 0.118. The lowest BCUT2D eigenvalue weighted by Crippen LogP contribution is -2.11. The molecule has 2 aromatic carbocycles. The van der Waals surface area contributed by atoms with Gasteiger partial charge in [-0.15, -0.1) is 10.2 Å². The molecule has 0 saturated carbocycles. The maximum atomic E-state index is 12.1. The maximum Gasteiger partial charge on any atom is 0.338 e. The molecule has 0 spiro atoms. The molecule has 0 bridgehead atoms. The van der Waals surface area contributed by atoms with E-state index >= 15 is 0 Å². The van der Waals surface area contributed by atoms with Crippen LogP contribution in [0.2, 0.25) is 5.02 Å². The van der Waals surface area contributed by atoms with E-state index in [0.29, 0.717) is 10.6 Å². The first-order valence-corrected chi connectivity index (χ1v) is 9.90. The van der Waals surface area contributed by atoms with Crippen molar-refractivity contribution in [3.05, 3.63) is 65.0 Å². The van der Waals surface area contributed by atoms with E-state index in [1.807, 2.05) is 0 Å². The minimum Gasteiger partial charge on any atom is -0.452 e. The third-order valence-corrected chi connectivity index (χ3v) is 4.14. The van der Waals surface area contributed by atoms with E-state index in [-0.39, 0.29) is 29.6 Å². The molecule has 0 aliphatic carbocycles. The highest BCUT2D eigenvalue weighted by Gasteiger charge is 2.13. The zero-order valence-electron chi connectivity index (χ0n) is 14.0. The molecule has 0 fully saturated rings. The van der Waals surface area contributed by atoms with E-state index in [1.54, 1.807) is 24.3 Å². The molecule has 27 heavy (non-hydrogen) atoms. The summed E-state index contributed by atoms with van der Waals surface area (Å²) in [6, 6.07) is 12.8. The molecule has 1 heterocycles. The van der Waals surface area contributed by atoms with Gasteiger partial charge >= 0.3 is 5.97 Å². The minimum atomic E-state index is -3.44. The molecule has 140 valence electrons. The SMILES string of the molecule is CS(=O)(=O)Nc1cccc(C(=O)OCc2nnc(-c3ccc(Cl)cc3)o2)c1. The summed E-state index contributed by atoms with van der Waals surface area (Å²) in [5.41, 5.74) is 1.12. The summed E-state index contributed by atoms with van der Waals surface area (Å²) in [5, 5.41) is 8.30. The topological polar surface area (TPSA) is 111 Å². The van der Waals surface area contributed by atoms with E-state index in [0.717, 1.165) is 6.26 Å². The Bertz CT molecular complexity index is 1060. The second kappa shape index (κ2) is 7.77. The normalized spacial score (nSPS) is 11.2. The average Bonchev–Trinajstić information content (AvgIpc) is 3.08. The molecular formula is C17H14ClN3O5S. The van der Waals surface area contributed by atoms with Crippen molar-refractivity contribution in [3.63, 3.8) is 0 Å². The molecule has 0 saturated heterocycles. The van der Waals surface area contributed by atoms with Crippen molar-refractivity contribution in [2.75, 3.05) is 11.0 Å². The second-order valence-electron chi connectivity index (χ2n) is 5.54. The summed E-state index contributed by atoms with van der Waals surface area (Å²) >= 11 is 5.83. The number of hydrogen-bond acceptors (Lipinski definition) is 7. The lowest BCUT2D eigenvalue weighted by atomic mass is 10.2. The number of carbonyl (C=O) groups excluding carboxylic acids is 1. The van der Waals surface area contributed by atoms with Crippen LogP contribution in [0.5, 0.6) is 0 Å². The van der Waals surface area contributed by atoms with Crippen molar-refractivity contribution in [3.8, 4) is 11.5 Å². The lowest BCUT2D eigenvalue weighted by molar-refractivity contribution is 0.0438. The number of sulfonamides is 1. The van der Waals surface area contributed by atoms with Gasteiger partial charge < -0.3 is 9.15 Å². The van der Waals surface area contributed by atoms with Crippen LogP contribution in [0.1, 0.15) is 16.2 Å². The molecule has 3 aromatic rings. The van der Waals surface area contributed by atoms with Crippen LogP contribution in [-0.4, -0.2) is 30.8 Å². The zero-order chi connectivity index (χ0) is 19.4. The van der Waals surface area contributed by atoms with Crippen molar-refractivity contribution in [1.29, 1.82) is 0 Å². The molecule has 0 aliphatic heterocycles. The zero-order valence-corrected chi connectivity index (χ0v) is 15.6. The summed E-state index contributed by atoms with van der Waals surface area (Å²) in [6.45, 7) is -0.219. The first-order chi connectivity index (χ1) is 12.8. The third-order valence-electron chi connectivity index (χ3n) is 3.29. The number of hydrogen-bond donors (Lipinski definition) is 1. The third kappa shape index (κ3) is 5.28. The van der Waals surface area contributed by atoms with Crippen LogP contribution in [0.4, 0.5) is 5.69 Å². The number of nitrogens with one attached hydrogen (secondary N) is 1. The second-order valence-corrected chi connectivity index (χ2v) is 7.72. The Hall–Kier alpha value is -2.91. The lowest BCUT2D eigenvalue weighted by Gasteiger charge is -2.06. The van der Waals surface area contributed by atoms with E-state index in [9.17, 15) is 13.2 Å². The van der Waals surface area contributed by atoms with Gasteiger partial charge in [0.15, 0.2) is 6.61 Å². The van der Waals surface area contributed by atoms with Gasteiger partial charge in [0.05, 0.1) is 11.8 Å². The number of aromatic nitrogens is 2. The van der Waals surface area contributed by atoms with Crippen LogP contribution in [0.3, 0.4) is 0 Å². The van der Waals surface area contributed by atoms with Gasteiger partial charge in [-0.3, -0.25) is 4.72 Å². The number of rotatable bonds is 6. The molecule has 3 rings (SSSR count). The summed E-state index contributed by atoms with van der Waals surface area (Å²) in [7, 11) is -3.44. The number of anilines is 1. The number of halogens is 1. The van der Waals surface area contributed by atoms with Gasteiger partial charge in [-0.25, -0.2) is 13.2 Å². The molecule has 0 atom stereocenters. The number of esters is 1. The van der Waals surface area contributed by atoms with Crippen LogP contribution < -0.4 is 4.72 Å². The van der Waals surface area contributed by atoms with Crippen molar-refractivity contribution < 1.29 is 22.4 Å².